The molecule has 0 saturated heterocycles. The first-order valence-electron chi connectivity index (χ1n) is 10.1. The molecule has 2 aromatic carbocycles. The van der Waals surface area contributed by atoms with Crippen molar-refractivity contribution in [2.45, 2.75) is 39.6 Å². The molecule has 0 aliphatic heterocycles. The lowest BCUT2D eigenvalue weighted by molar-refractivity contribution is -0.137. The molecule has 0 fully saturated rings. The molecule has 0 radical (unpaired) electrons. The van der Waals surface area contributed by atoms with E-state index in [9.17, 15) is 23.1 Å². The number of benzene rings is 2. The molecule has 0 heterocycles. The van der Waals surface area contributed by atoms with E-state index in [0.717, 1.165) is 23.3 Å². The summed E-state index contributed by atoms with van der Waals surface area (Å²) in [6, 6.07) is 11.8. The fourth-order valence-electron chi connectivity index (χ4n) is 3.01. The number of halogens is 3. The second-order valence-corrected chi connectivity index (χ2v) is 7.16. The molecule has 2 aromatic rings. The van der Waals surface area contributed by atoms with E-state index >= 15 is 0 Å². The summed E-state index contributed by atoms with van der Waals surface area (Å²) in [6.45, 7) is 5.38. The summed E-state index contributed by atoms with van der Waals surface area (Å²) in [4.78, 5) is 18.6. The van der Waals surface area contributed by atoms with E-state index in [-0.39, 0.29) is 37.1 Å². The van der Waals surface area contributed by atoms with Crippen LogP contribution < -0.4 is 4.74 Å². The van der Waals surface area contributed by atoms with Gasteiger partial charge in [-0.3, -0.25) is 9.79 Å². The number of hydrogen-bond acceptors (Lipinski definition) is 4. The number of aryl methyl sites for hydroxylation is 1. The van der Waals surface area contributed by atoms with Crippen molar-refractivity contribution in [2.75, 3.05) is 13.2 Å². The molecular formula is C24H27F3N2O3. The van der Waals surface area contributed by atoms with E-state index in [0.29, 0.717) is 0 Å². The third kappa shape index (κ3) is 7.23. The van der Waals surface area contributed by atoms with Crippen LogP contribution in [-0.2, 0) is 17.5 Å². The van der Waals surface area contributed by atoms with Gasteiger partial charge in [-0.15, -0.1) is 0 Å². The van der Waals surface area contributed by atoms with Gasteiger partial charge in [0.05, 0.1) is 12.1 Å². The number of aliphatic imine (C=N–C) groups is 1. The van der Waals surface area contributed by atoms with Gasteiger partial charge in [0, 0.05) is 12.8 Å². The van der Waals surface area contributed by atoms with Gasteiger partial charge < -0.3 is 14.7 Å². The molecule has 1 atom stereocenters. The van der Waals surface area contributed by atoms with Crippen LogP contribution in [0.4, 0.5) is 13.2 Å². The van der Waals surface area contributed by atoms with Crippen molar-refractivity contribution < 1.29 is 27.8 Å². The topological polar surface area (TPSA) is 62.1 Å². The first kappa shape index (κ1) is 25.1. The summed E-state index contributed by atoms with van der Waals surface area (Å²) in [5, 5.41) is 10.5. The average Bonchev–Trinajstić information content (AvgIpc) is 2.76. The lowest BCUT2D eigenvalue weighted by Gasteiger charge is -2.26. The zero-order valence-corrected chi connectivity index (χ0v) is 18.3. The molecule has 32 heavy (non-hydrogen) atoms. The Morgan fingerprint density at radius 1 is 1.16 bits per heavy atom. The Labute approximate surface area is 185 Å². The molecule has 0 aliphatic rings. The molecule has 0 spiro atoms. The molecule has 0 aromatic heterocycles. The molecule has 0 aliphatic carbocycles. The largest absolute Gasteiger partial charge is 0.491 e. The highest BCUT2D eigenvalue weighted by Crippen LogP contribution is 2.30. The Balaban J connectivity index is 2.10. The van der Waals surface area contributed by atoms with Gasteiger partial charge in [-0.2, -0.15) is 13.2 Å². The minimum absolute atomic E-state index is 0.0373. The number of carbonyl (C=O) groups is 1. The van der Waals surface area contributed by atoms with E-state index < -0.39 is 17.8 Å². The van der Waals surface area contributed by atoms with Crippen LogP contribution in [0.1, 0.15) is 30.5 Å². The summed E-state index contributed by atoms with van der Waals surface area (Å²) in [5.41, 5.74) is 1.39. The van der Waals surface area contributed by atoms with Crippen LogP contribution in [0.2, 0.25) is 0 Å². The van der Waals surface area contributed by atoms with Gasteiger partial charge in [-0.1, -0.05) is 30.3 Å². The maximum absolute atomic E-state index is 13.0. The summed E-state index contributed by atoms with van der Waals surface area (Å²) in [5.74, 6) is -0.152. The number of nitrogens with zero attached hydrogens (tertiary/aromatic N) is 2. The number of hydrogen-bond donors (Lipinski definition) is 1. The number of rotatable bonds is 9. The van der Waals surface area contributed by atoms with E-state index in [1.807, 2.05) is 31.2 Å². The summed E-state index contributed by atoms with van der Waals surface area (Å²) < 4.78 is 43.5. The Bertz CT molecular complexity index is 954. The smallest absolute Gasteiger partial charge is 0.416 e. The maximum atomic E-state index is 13.0. The van der Waals surface area contributed by atoms with Crippen LogP contribution in [0, 0.1) is 6.92 Å². The molecule has 1 amide bonds. The van der Waals surface area contributed by atoms with Crippen LogP contribution in [0.25, 0.3) is 0 Å². The Morgan fingerprint density at radius 2 is 1.81 bits per heavy atom. The molecule has 0 bridgehead atoms. The number of amides is 1. The Morgan fingerprint density at radius 3 is 2.38 bits per heavy atom. The molecule has 5 nitrogen and oxygen atoms in total. The number of carbonyl (C=O) groups excluding carboxylic acids is 1. The Hall–Kier alpha value is -3.13. The number of alkyl halides is 3. The lowest BCUT2D eigenvalue weighted by atomic mass is 10.1. The minimum atomic E-state index is -4.43. The lowest BCUT2D eigenvalue weighted by Crippen LogP contribution is -2.40. The number of allylic oxidation sites excluding steroid dienone is 1. The van der Waals surface area contributed by atoms with Crippen molar-refractivity contribution in [3.8, 4) is 5.75 Å². The second kappa shape index (κ2) is 11.5. The monoisotopic (exact) mass is 448 g/mol. The Kier molecular flexibility index (Phi) is 9.02. The highest BCUT2D eigenvalue weighted by atomic mass is 19.4. The summed E-state index contributed by atoms with van der Waals surface area (Å²) >= 11 is 0. The van der Waals surface area contributed by atoms with Crippen molar-refractivity contribution in [3.63, 3.8) is 0 Å². The predicted molar refractivity (Wildman–Crippen MR) is 117 cm³/mol. The average molecular weight is 448 g/mol. The second-order valence-electron chi connectivity index (χ2n) is 7.16. The number of aliphatic hydroxyl groups is 1. The van der Waals surface area contributed by atoms with E-state index in [2.05, 4.69) is 4.99 Å². The predicted octanol–water partition coefficient (Wildman–Crippen LogP) is 4.78. The molecule has 0 saturated carbocycles. The summed E-state index contributed by atoms with van der Waals surface area (Å²) in [7, 11) is 0. The van der Waals surface area contributed by atoms with E-state index in [4.69, 9.17) is 4.74 Å². The minimum Gasteiger partial charge on any atom is -0.491 e. The number of ether oxygens (including phenoxy) is 1. The third-order valence-electron chi connectivity index (χ3n) is 4.73. The van der Waals surface area contributed by atoms with Gasteiger partial charge in [-0.25, -0.2) is 0 Å². The fraction of sp³-hybridized carbons (Fsp3) is 0.333. The van der Waals surface area contributed by atoms with Crippen LogP contribution in [0.3, 0.4) is 0 Å². The van der Waals surface area contributed by atoms with Crippen molar-refractivity contribution in [1.82, 2.24) is 4.90 Å². The van der Waals surface area contributed by atoms with Crippen LogP contribution in [0.5, 0.6) is 5.75 Å². The van der Waals surface area contributed by atoms with Crippen LogP contribution >= 0.6 is 0 Å². The standard InChI is InChI=1S/C24H27F3N2O3/c1-4-22(28-5-2)23(31)29(14-18-9-7-6-8-17(18)3)15-20(30)16-32-21-12-10-19(11-13-21)24(25,26)27/h4-13,20,30H,14-16H2,1-3H3/b22-4-,28-5?. The quantitative estimate of drug-likeness (QED) is 0.444. The fourth-order valence-corrected chi connectivity index (χ4v) is 3.01. The van der Waals surface area contributed by atoms with E-state index in [1.54, 1.807) is 19.9 Å². The zero-order chi connectivity index (χ0) is 23.7. The highest BCUT2D eigenvalue weighted by molar-refractivity contribution is 5.94. The van der Waals surface area contributed by atoms with Crippen molar-refractivity contribution in [3.05, 3.63) is 77.0 Å². The van der Waals surface area contributed by atoms with Gasteiger partial charge in [0.25, 0.3) is 5.91 Å². The molecular weight excluding hydrogens is 421 g/mol. The normalized spacial score (nSPS) is 13.3. The zero-order valence-electron chi connectivity index (χ0n) is 18.3. The van der Waals surface area contributed by atoms with Gasteiger partial charge in [-0.05, 0) is 56.2 Å². The van der Waals surface area contributed by atoms with Crippen molar-refractivity contribution >= 4 is 12.1 Å². The third-order valence-corrected chi connectivity index (χ3v) is 4.73. The maximum Gasteiger partial charge on any atom is 0.416 e. The first-order valence-corrected chi connectivity index (χ1v) is 10.1. The molecule has 172 valence electrons. The molecule has 8 heteroatoms. The van der Waals surface area contributed by atoms with Crippen molar-refractivity contribution in [1.29, 1.82) is 0 Å². The van der Waals surface area contributed by atoms with Gasteiger partial charge in [0.15, 0.2) is 0 Å². The van der Waals surface area contributed by atoms with Gasteiger partial charge >= 0.3 is 6.18 Å². The van der Waals surface area contributed by atoms with Crippen LogP contribution in [0.15, 0.2) is 65.3 Å². The van der Waals surface area contributed by atoms with E-state index in [1.165, 1.54) is 23.2 Å². The van der Waals surface area contributed by atoms with Gasteiger partial charge in [0.2, 0.25) is 0 Å². The first-order chi connectivity index (χ1) is 15.2. The summed E-state index contributed by atoms with van der Waals surface area (Å²) in [6.07, 6.45) is -2.38. The van der Waals surface area contributed by atoms with Crippen LogP contribution in [-0.4, -0.2) is 41.4 Å². The molecule has 2 rings (SSSR count). The van der Waals surface area contributed by atoms with Gasteiger partial charge in [0.1, 0.15) is 24.2 Å². The van der Waals surface area contributed by atoms with Crippen molar-refractivity contribution in [2.24, 2.45) is 4.99 Å². The molecule has 1 unspecified atom stereocenters. The SMILES string of the molecule is CC=N/C(=C\C)C(=O)N(Cc1ccccc1C)CC(O)COc1ccc(C(F)(F)F)cc1. The number of aliphatic hydroxyl groups excluding tert-OH is 1. The molecule has 1 N–H and O–H groups in total. The highest BCUT2D eigenvalue weighted by Gasteiger charge is 2.30.